The Morgan fingerprint density at radius 1 is 0.562 bits per heavy atom. The van der Waals surface area contributed by atoms with E-state index in [4.69, 9.17) is 4.74 Å². The summed E-state index contributed by atoms with van der Waals surface area (Å²) in [5.74, 6) is 0.916. The van der Waals surface area contributed by atoms with Gasteiger partial charge in [0.1, 0.15) is 5.82 Å². The van der Waals surface area contributed by atoms with Gasteiger partial charge in [0.2, 0.25) is 5.82 Å². The Hall–Kier alpha value is -2.75. The first-order chi connectivity index (χ1) is 23.5. The highest BCUT2D eigenvalue weighted by atomic mass is 19.2. The first-order valence-corrected chi connectivity index (χ1v) is 19.5. The van der Waals surface area contributed by atoms with Gasteiger partial charge in [0.15, 0.2) is 11.6 Å². The number of ether oxygens (including phenoxy) is 1. The first kappa shape index (κ1) is 36.5. The molecule has 0 unspecified atom stereocenters. The molecule has 0 atom stereocenters. The normalized spacial score (nSPS) is 21.4. The zero-order chi connectivity index (χ0) is 33.7. The van der Waals surface area contributed by atoms with Crippen molar-refractivity contribution in [1.29, 1.82) is 0 Å². The van der Waals surface area contributed by atoms with Gasteiger partial charge in [-0.15, -0.1) is 0 Å². The van der Waals surface area contributed by atoms with Gasteiger partial charge in [-0.25, -0.2) is 8.78 Å². The van der Waals surface area contributed by atoms with Crippen molar-refractivity contribution in [3.8, 4) is 28.0 Å². The topological polar surface area (TPSA) is 9.23 Å². The van der Waals surface area contributed by atoms with E-state index in [9.17, 15) is 4.39 Å². The maximum Gasteiger partial charge on any atom is 0.201 e. The number of unbranched alkanes of at least 4 members (excludes halogenated alkanes) is 8. The molecule has 0 aliphatic heterocycles. The molecule has 4 heteroatoms. The van der Waals surface area contributed by atoms with Crippen LogP contribution in [0.4, 0.5) is 13.2 Å². The molecule has 262 valence electrons. The molecule has 2 aliphatic carbocycles. The minimum absolute atomic E-state index is 0.0387. The van der Waals surface area contributed by atoms with Crippen molar-refractivity contribution in [2.75, 3.05) is 6.61 Å². The number of halogens is 3. The lowest BCUT2D eigenvalue weighted by atomic mass is 9.68. The molecule has 2 fully saturated rings. The summed E-state index contributed by atoms with van der Waals surface area (Å²) in [6, 6.07) is 16.0. The predicted octanol–water partition coefficient (Wildman–Crippen LogP) is 14.2. The van der Waals surface area contributed by atoms with E-state index in [1.54, 1.807) is 24.3 Å². The predicted molar refractivity (Wildman–Crippen MR) is 195 cm³/mol. The van der Waals surface area contributed by atoms with Crippen LogP contribution in [0.3, 0.4) is 0 Å². The van der Waals surface area contributed by atoms with E-state index in [-0.39, 0.29) is 17.1 Å². The second kappa shape index (κ2) is 18.9. The van der Waals surface area contributed by atoms with Gasteiger partial charge in [0.05, 0.1) is 6.61 Å². The van der Waals surface area contributed by atoms with Crippen LogP contribution in [0.1, 0.15) is 147 Å². The Morgan fingerprint density at radius 3 is 1.81 bits per heavy atom. The lowest BCUT2D eigenvalue weighted by Gasteiger charge is -2.38. The van der Waals surface area contributed by atoms with Crippen molar-refractivity contribution in [1.82, 2.24) is 0 Å². The maximum atomic E-state index is 15.5. The summed E-state index contributed by atoms with van der Waals surface area (Å²) in [4.78, 5) is 0. The molecule has 0 aromatic heterocycles. The van der Waals surface area contributed by atoms with Crippen LogP contribution in [0.5, 0.6) is 5.75 Å². The Labute approximate surface area is 289 Å². The molecule has 48 heavy (non-hydrogen) atoms. The third-order valence-corrected chi connectivity index (χ3v) is 11.6. The van der Waals surface area contributed by atoms with E-state index < -0.39 is 11.6 Å². The number of hydrogen-bond donors (Lipinski definition) is 0. The van der Waals surface area contributed by atoms with Crippen molar-refractivity contribution < 1.29 is 17.9 Å². The SMILES string of the molecule is CCCCCCCCCOc1ccc(-c2ccc(-c3ccc(C4CCC(C5CCC(CCCCC)CC5)CC4)c(F)c3)cc2)c(F)c1F. The van der Waals surface area contributed by atoms with Crippen molar-refractivity contribution in [2.24, 2.45) is 17.8 Å². The molecular weight excluding hydrogens is 601 g/mol. The molecular formula is C44H59F3O. The van der Waals surface area contributed by atoms with Crippen molar-refractivity contribution in [3.05, 3.63) is 77.6 Å². The molecule has 0 amide bonds. The van der Waals surface area contributed by atoms with E-state index in [2.05, 4.69) is 13.8 Å². The van der Waals surface area contributed by atoms with Gasteiger partial charge in [-0.05, 0) is 109 Å². The first-order valence-electron chi connectivity index (χ1n) is 19.5. The zero-order valence-corrected chi connectivity index (χ0v) is 29.7. The molecule has 0 N–H and O–H groups in total. The summed E-state index contributed by atoms with van der Waals surface area (Å²) < 4.78 is 51.1. The van der Waals surface area contributed by atoms with Gasteiger partial charge in [0.25, 0.3) is 0 Å². The smallest absolute Gasteiger partial charge is 0.201 e. The number of hydrogen-bond acceptors (Lipinski definition) is 1. The Bertz CT molecular complexity index is 1380. The van der Waals surface area contributed by atoms with Crippen LogP contribution in [-0.4, -0.2) is 6.61 Å². The lowest BCUT2D eigenvalue weighted by molar-refractivity contribution is 0.155. The largest absolute Gasteiger partial charge is 0.490 e. The molecule has 3 aromatic carbocycles. The lowest BCUT2D eigenvalue weighted by Crippen LogP contribution is -2.25. The molecule has 0 radical (unpaired) electrons. The monoisotopic (exact) mass is 660 g/mol. The standard InChI is InChI=1S/C44H59F3O/c1-3-5-7-8-9-10-12-30-48-42-29-28-40(43(46)44(42)47)37-24-20-35(21-25-37)38-26-27-39(41(45)31-38)36-22-18-34(19-23-36)33-16-14-32(15-17-33)13-11-6-4-2/h20-21,24-29,31-34,36H,3-19,22-23,30H2,1-2H3. The van der Waals surface area contributed by atoms with Gasteiger partial charge in [0, 0.05) is 5.56 Å². The summed E-state index contributed by atoms with van der Waals surface area (Å²) in [5, 5.41) is 0. The van der Waals surface area contributed by atoms with Crippen LogP contribution in [-0.2, 0) is 0 Å². The quantitative estimate of drug-likeness (QED) is 0.131. The third-order valence-electron chi connectivity index (χ3n) is 11.6. The molecule has 1 nitrogen and oxygen atoms in total. The van der Waals surface area contributed by atoms with E-state index >= 15 is 8.78 Å². The van der Waals surface area contributed by atoms with Crippen molar-refractivity contribution in [3.63, 3.8) is 0 Å². The summed E-state index contributed by atoms with van der Waals surface area (Å²) in [6.45, 7) is 4.87. The maximum absolute atomic E-state index is 15.5. The summed E-state index contributed by atoms with van der Waals surface area (Å²) in [6.07, 6.45) is 23.7. The van der Waals surface area contributed by atoms with E-state index in [1.165, 1.54) is 96.0 Å². The van der Waals surface area contributed by atoms with Crippen LogP contribution in [0.15, 0.2) is 54.6 Å². The van der Waals surface area contributed by atoms with Crippen molar-refractivity contribution >= 4 is 0 Å². The van der Waals surface area contributed by atoms with Gasteiger partial charge in [-0.2, -0.15) is 4.39 Å². The van der Waals surface area contributed by atoms with E-state index in [0.29, 0.717) is 18.1 Å². The van der Waals surface area contributed by atoms with Gasteiger partial charge < -0.3 is 4.74 Å². The molecule has 3 aromatic rings. The highest BCUT2D eigenvalue weighted by Crippen LogP contribution is 2.45. The fourth-order valence-electron chi connectivity index (χ4n) is 8.52. The average molecular weight is 661 g/mol. The van der Waals surface area contributed by atoms with Crippen molar-refractivity contribution in [2.45, 2.75) is 142 Å². The Morgan fingerprint density at radius 2 is 1.15 bits per heavy atom. The average Bonchev–Trinajstić information content (AvgIpc) is 3.12. The second-order valence-corrected chi connectivity index (χ2v) is 14.9. The molecule has 0 heterocycles. The van der Waals surface area contributed by atoms with Crippen LogP contribution in [0, 0.1) is 35.2 Å². The highest BCUT2D eigenvalue weighted by Gasteiger charge is 2.32. The number of rotatable bonds is 17. The fourth-order valence-corrected chi connectivity index (χ4v) is 8.52. The molecule has 5 rings (SSSR count). The summed E-state index contributed by atoms with van der Waals surface area (Å²) in [7, 11) is 0. The van der Waals surface area contributed by atoms with Gasteiger partial charge in [-0.3, -0.25) is 0 Å². The zero-order valence-electron chi connectivity index (χ0n) is 29.7. The number of benzene rings is 3. The molecule has 2 aliphatic rings. The Balaban J connectivity index is 1.11. The third kappa shape index (κ3) is 9.91. The summed E-state index contributed by atoms with van der Waals surface area (Å²) in [5.41, 5.74) is 3.27. The fraction of sp³-hybridized carbons (Fsp3) is 0.591. The second-order valence-electron chi connectivity index (χ2n) is 14.9. The Kier molecular flexibility index (Phi) is 14.4. The van der Waals surface area contributed by atoms with Crippen LogP contribution >= 0.6 is 0 Å². The minimum atomic E-state index is -0.948. The van der Waals surface area contributed by atoms with E-state index in [1.807, 2.05) is 24.3 Å². The summed E-state index contributed by atoms with van der Waals surface area (Å²) >= 11 is 0. The molecule has 0 saturated heterocycles. The van der Waals surface area contributed by atoms with Gasteiger partial charge >= 0.3 is 0 Å². The highest BCUT2D eigenvalue weighted by molar-refractivity contribution is 5.71. The van der Waals surface area contributed by atoms with E-state index in [0.717, 1.165) is 66.5 Å². The molecule has 0 bridgehead atoms. The van der Waals surface area contributed by atoms with Gasteiger partial charge in [-0.1, -0.05) is 127 Å². The van der Waals surface area contributed by atoms with Crippen LogP contribution < -0.4 is 4.74 Å². The van der Waals surface area contributed by atoms with Crippen LogP contribution in [0.25, 0.3) is 22.3 Å². The molecule has 2 saturated carbocycles. The molecule has 0 spiro atoms. The van der Waals surface area contributed by atoms with Crippen LogP contribution in [0.2, 0.25) is 0 Å². The minimum Gasteiger partial charge on any atom is -0.490 e.